The number of halogens is 1. The second-order valence-electron chi connectivity index (χ2n) is 5.02. The Bertz CT molecular complexity index is 667. The van der Waals surface area contributed by atoms with E-state index in [0.717, 1.165) is 11.3 Å². The molecule has 0 unspecified atom stereocenters. The van der Waals surface area contributed by atoms with Gasteiger partial charge in [-0.2, -0.15) is 0 Å². The van der Waals surface area contributed by atoms with Gasteiger partial charge in [0, 0.05) is 0 Å². The van der Waals surface area contributed by atoms with Gasteiger partial charge in [0.25, 0.3) is 0 Å². The van der Waals surface area contributed by atoms with Gasteiger partial charge in [-0.25, -0.2) is 14.2 Å². The molecule has 2 rings (SSSR count). The Balaban J connectivity index is 2.58. The minimum Gasteiger partial charge on any atom is -0.496 e. The van der Waals surface area contributed by atoms with Crippen LogP contribution >= 0.6 is 11.3 Å². The zero-order valence-corrected chi connectivity index (χ0v) is 12.8. The molecule has 0 bridgehead atoms. The van der Waals surface area contributed by atoms with Crippen LogP contribution in [0.1, 0.15) is 29.2 Å². The number of hydrogen-bond acceptors (Lipinski definition) is 4. The number of thiazole rings is 1. The maximum atomic E-state index is 14.1. The molecule has 1 N–H and O–H groups in total. The molecule has 1 heterocycles. The van der Waals surface area contributed by atoms with E-state index in [-0.39, 0.29) is 16.4 Å². The summed E-state index contributed by atoms with van der Waals surface area (Å²) in [6.45, 7) is 3.96. The highest BCUT2D eigenvalue weighted by molar-refractivity contribution is 7.17. The van der Waals surface area contributed by atoms with Crippen LogP contribution in [0.4, 0.5) is 4.39 Å². The van der Waals surface area contributed by atoms with Gasteiger partial charge in [0.2, 0.25) is 0 Å². The summed E-state index contributed by atoms with van der Waals surface area (Å²) in [4.78, 5) is 15.8. The lowest BCUT2D eigenvalue weighted by Gasteiger charge is -2.06. The molecular formula is C15H16FNO3S. The summed E-state index contributed by atoms with van der Waals surface area (Å²) in [5.41, 5.74) is 0.699. The first-order valence-corrected chi connectivity index (χ1v) is 7.31. The fraction of sp³-hybridized carbons (Fsp3) is 0.333. The third kappa shape index (κ3) is 3.21. The lowest BCUT2D eigenvalue weighted by atomic mass is 10.1. The van der Waals surface area contributed by atoms with Gasteiger partial charge in [-0.05, 0) is 24.5 Å². The lowest BCUT2D eigenvalue weighted by molar-refractivity contribution is 0.0700. The van der Waals surface area contributed by atoms with Crippen LogP contribution < -0.4 is 4.74 Å². The molecule has 0 fully saturated rings. The normalized spacial score (nSPS) is 10.9. The van der Waals surface area contributed by atoms with Crippen molar-refractivity contribution in [3.05, 3.63) is 34.6 Å². The highest BCUT2D eigenvalue weighted by atomic mass is 32.1. The molecular weight excluding hydrogens is 293 g/mol. The SMILES string of the molecule is COc1cccc(F)c1-c1nc(CC(C)C)c(C(=O)O)s1. The third-order valence-electron chi connectivity index (χ3n) is 2.90. The standard InChI is InChI=1S/C15H16FNO3S/c1-8(2)7-10-13(15(18)19)21-14(17-10)12-9(16)5-4-6-11(12)20-3/h4-6,8H,7H2,1-3H3,(H,18,19). The molecule has 1 aromatic carbocycles. The van der Waals surface area contributed by atoms with Gasteiger partial charge in [0.05, 0.1) is 18.4 Å². The average Bonchev–Trinajstić information content (AvgIpc) is 2.81. The summed E-state index contributed by atoms with van der Waals surface area (Å²) in [6.07, 6.45) is 0.537. The Labute approximate surface area is 126 Å². The van der Waals surface area contributed by atoms with Gasteiger partial charge in [0.15, 0.2) is 0 Å². The Kier molecular flexibility index (Phi) is 4.57. The van der Waals surface area contributed by atoms with Crippen molar-refractivity contribution in [2.45, 2.75) is 20.3 Å². The highest BCUT2D eigenvalue weighted by Gasteiger charge is 2.22. The van der Waals surface area contributed by atoms with Crippen LogP contribution in [0, 0.1) is 11.7 Å². The van der Waals surface area contributed by atoms with Crippen molar-refractivity contribution in [2.24, 2.45) is 5.92 Å². The number of nitrogens with zero attached hydrogens (tertiary/aromatic N) is 1. The number of benzene rings is 1. The van der Waals surface area contributed by atoms with E-state index in [2.05, 4.69) is 4.98 Å². The van der Waals surface area contributed by atoms with Crippen LogP contribution in [-0.4, -0.2) is 23.2 Å². The second kappa shape index (κ2) is 6.22. The van der Waals surface area contributed by atoms with Crippen molar-refractivity contribution in [3.63, 3.8) is 0 Å². The molecule has 0 aliphatic rings. The fourth-order valence-corrected chi connectivity index (χ4v) is 3.02. The number of aromatic carboxylic acids is 1. The molecule has 0 saturated carbocycles. The maximum Gasteiger partial charge on any atom is 0.347 e. The van der Waals surface area contributed by atoms with Crippen LogP contribution in [0.3, 0.4) is 0 Å². The zero-order chi connectivity index (χ0) is 15.6. The van der Waals surface area contributed by atoms with Crippen molar-refractivity contribution in [1.29, 1.82) is 0 Å². The maximum absolute atomic E-state index is 14.1. The Morgan fingerprint density at radius 1 is 1.48 bits per heavy atom. The van der Waals surface area contributed by atoms with Crippen molar-refractivity contribution in [1.82, 2.24) is 4.98 Å². The summed E-state index contributed by atoms with van der Waals surface area (Å²) in [6, 6.07) is 4.47. The summed E-state index contributed by atoms with van der Waals surface area (Å²) in [5, 5.41) is 9.61. The third-order valence-corrected chi connectivity index (χ3v) is 4.01. The van der Waals surface area contributed by atoms with Crippen LogP contribution in [0.5, 0.6) is 5.75 Å². The molecule has 112 valence electrons. The molecule has 2 aromatic rings. The molecule has 1 aromatic heterocycles. The molecule has 0 spiro atoms. The van der Waals surface area contributed by atoms with Crippen LogP contribution in [0.25, 0.3) is 10.6 Å². The van der Waals surface area contributed by atoms with Gasteiger partial charge in [-0.15, -0.1) is 11.3 Å². The number of methoxy groups -OCH3 is 1. The largest absolute Gasteiger partial charge is 0.496 e. The van der Waals surface area contributed by atoms with E-state index in [1.54, 1.807) is 12.1 Å². The quantitative estimate of drug-likeness (QED) is 0.911. The van der Waals surface area contributed by atoms with Gasteiger partial charge in [-0.3, -0.25) is 0 Å². The van der Waals surface area contributed by atoms with E-state index in [1.165, 1.54) is 13.2 Å². The highest BCUT2D eigenvalue weighted by Crippen LogP contribution is 2.37. The molecule has 6 heteroatoms. The van der Waals surface area contributed by atoms with Crippen LogP contribution in [0.2, 0.25) is 0 Å². The van der Waals surface area contributed by atoms with Gasteiger partial charge in [0.1, 0.15) is 21.5 Å². The van der Waals surface area contributed by atoms with Crippen molar-refractivity contribution in [2.75, 3.05) is 7.11 Å². The Morgan fingerprint density at radius 3 is 2.76 bits per heavy atom. The van der Waals surface area contributed by atoms with Gasteiger partial charge >= 0.3 is 5.97 Å². The molecule has 21 heavy (non-hydrogen) atoms. The first-order chi connectivity index (χ1) is 9.93. The molecule has 4 nitrogen and oxygen atoms in total. The number of ether oxygens (including phenoxy) is 1. The van der Waals surface area contributed by atoms with Gasteiger partial charge in [-0.1, -0.05) is 19.9 Å². The van der Waals surface area contributed by atoms with E-state index in [1.807, 2.05) is 13.8 Å². The number of rotatable bonds is 5. The van der Waals surface area contributed by atoms with E-state index < -0.39 is 11.8 Å². The summed E-state index contributed by atoms with van der Waals surface area (Å²) in [5.74, 6) is -0.904. The first-order valence-electron chi connectivity index (χ1n) is 6.50. The Morgan fingerprint density at radius 2 is 2.19 bits per heavy atom. The predicted molar refractivity (Wildman–Crippen MR) is 79.6 cm³/mol. The topological polar surface area (TPSA) is 59.4 Å². The van der Waals surface area contributed by atoms with E-state index in [9.17, 15) is 14.3 Å². The van der Waals surface area contributed by atoms with Crippen molar-refractivity contribution < 1.29 is 19.0 Å². The van der Waals surface area contributed by atoms with E-state index in [4.69, 9.17) is 4.74 Å². The molecule has 0 radical (unpaired) electrons. The lowest BCUT2D eigenvalue weighted by Crippen LogP contribution is -2.02. The molecule has 0 atom stereocenters. The van der Waals surface area contributed by atoms with Crippen molar-refractivity contribution >= 4 is 17.3 Å². The van der Waals surface area contributed by atoms with Crippen molar-refractivity contribution in [3.8, 4) is 16.3 Å². The average molecular weight is 309 g/mol. The fourth-order valence-electron chi connectivity index (χ4n) is 2.03. The van der Waals surface area contributed by atoms with Gasteiger partial charge < -0.3 is 9.84 Å². The minimum atomic E-state index is -1.04. The number of carbonyl (C=O) groups is 1. The number of carboxylic acid groups (broad SMARTS) is 1. The molecule has 0 amide bonds. The van der Waals surface area contributed by atoms with E-state index >= 15 is 0 Å². The van der Waals surface area contributed by atoms with E-state index in [0.29, 0.717) is 22.9 Å². The first kappa shape index (κ1) is 15.4. The zero-order valence-electron chi connectivity index (χ0n) is 12.0. The minimum absolute atomic E-state index is 0.156. The smallest absolute Gasteiger partial charge is 0.347 e. The number of carboxylic acids is 1. The molecule has 0 saturated heterocycles. The summed E-state index contributed by atoms with van der Waals surface area (Å²) < 4.78 is 19.2. The monoisotopic (exact) mass is 309 g/mol. The summed E-state index contributed by atoms with van der Waals surface area (Å²) >= 11 is 0.976. The summed E-state index contributed by atoms with van der Waals surface area (Å²) in [7, 11) is 1.44. The predicted octanol–water partition coefficient (Wildman–Crippen LogP) is 3.85. The molecule has 0 aliphatic heterocycles. The Hall–Kier alpha value is -1.95. The second-order valence-corrected chi connectivity index (χ2v) is 6.01. The van der Waals surface area contributed by atoms with Crippen LogP contribution in [-0.2, 0) is 6.42 Å². The number of aromatic nitrogens is 1. The number of hydrogen-bond donors (Lipinski definition) is 1. The molecule has 0 aliphatic carbocycles. The van der Waals surface area contributed by atoms with Crippen LogP contribution in [0.15, 0.2) is 18.2 Å².